The highest BCUT2D eigenvalue weighted by molar-refractivity contribution is 7.92. The first-order valence-electron chi connectivity index (χ1n) is 10.4. The molecule has 3 aromatic rings. The van der Waals surface area contributed by atoms with E-state index < -0.39 is 39.4 Å². The molecule has 0 spiro atoms. The molecule has 0 radical (unpaired) electrons. The van der Waals surface area contributed by atoms with Gasteiger partial charge in [-0.3, -0.25) is 4.31 Å². The Bertz CT molecular complexity index is 1310. The van der Waals surface area contributed by atoms with Crippen LogP contribution in [0.25, 0.3) is 0 Å². The van der Waals surface area contributed by atoms with Crippen LogP contribution in [0.4, 0.5) is 27.6 Å². The van der Waals surface area contributed by atoms with E-state index in [1.54, 1.807) is 0 Å². The molecule has 0 bridgehead atoms. The molecule has 4 rings (SSSR count). The van der Waals surface area contributed by atoms with Crippen LogP contribution in [0.3, 0.4) is 0 Å². The van der Waals surface area contributed by atoms with Crippen LogP contribution in [0, 0.1) is 11.6 Å². The van der Waals surface area contributed by atoms with Crippen molar-refractivity contribution in [2.75, 3.05) is 4.31 Å². The average Bonchev–Trinajstić information content (AvgIpc) is 2.77. The molecule has 0 saturated carbocycles. The number of sulfonamides is 1. The molecule has 10 heteroatoms. The topological polar surface area (TPSA) is 37.4 Å². The van der Waals surface area contributed by atoms with Crippen LogP contribution < -0.4 is 4.31 Å². The average molecular weight is 516 g/mol. The second-order valence-corrected chi connectivity index (χ2v) is 10.3. The summed E-state index contributed by atoms with van der Waals surface area (Å²) in [5.41, 5.74) is 0.103. The van der Waals surface area contributed by atoms with E-state index in [9.17, 15) is 30.4 Å². The SMILES string of the molecule is O=S(=O)(c1ccc(C(F)(F)F)cc1)N1c2cc(F)ccc2CCC1CCc1ccc(Cl)cc1F. The number of hydrogen-bond acceptors (Lipinski definition) is 2. The molecule has 0 aliphatic carbocycles. The van der Waals surface area contributed by atoms with Gasteiger partial charge in [-0.05, 0) is 85.3 Å². The minimum absolute atomic E-state index is 0.132. The minimum atomic E-state index is -4.62. The molecular weight excluding hydrogens is 497 g/mol. The molecule has 0 fully saturated rings. The summed E-state index contributed by atoms with van der Waals surface area (Å²) < 4.78 is 95.5. The van der Waals surface area contributed by atoms with Crippen LogP contribution in [-0.2, 0) is 29.0 Å². The quantitative estimate of drug-likeness (QED) is 0.351. The van der Waals surface area contributed by atoms with E-state index in [0.29, 0.717) is 36.1 Å². The van der Waals surface area contributed by atoms with Gasteiger partial charge < -0.3 is 0 Å². The predicted molar refractivity (Wildman–Crippen MR) is 119 cm³/mol. The number of aryl methyl sites for hydroxylation is 2. The van der Waals surface area contributed by atoms with Gasteiger partial charge >= 0.3 is 6.18 Å². The van der Waals surface area contributed by atoms with Crippen LogP contribution in [0.1, 0.15) is 29.5 Å². The molecule has 3 nitrogen and oxygen atoms in total. The first-order valence-corrected chi connectivity index (χ1v) is 12.2. The van der Waals surface area contributed by atoms with Gasteiger partial charge in [-0.2, -0.15) is 13.2 Å². The van der Waals surface area contributed by atoms with E-state index in [1.807, 2.05) is 0 Å². The van der Waals surface area contributed by atoms with E-state index in [1.165, 1.54) is 30.3 Å². The second kappa shape index (κ2) is 9.19. The molecular formula is C24H19ClF5NO2S. The number of alkyl halides is 3. The normalized spacial score (nSPS) is 16.4. The number of nitrogens with zero attached hydrogens (tertiary/aromatic N) is 1. The maximum absolute atomic E-state index is 14.3. The van der Waals surface area contributed by atoms with Crippen LogP contribution in [-0.4, -0.2) is 14.5 Å². The van der Waals surface area contributed by atoms with Crippen LogP contribution in [0.5, 0.6) is 0 Å². The van der Waals surface area contributed by atoms with Gasteiger partial charge in [-0.25, -0.2) is 17.2 Å². The van der Waals surface area contributed by atoms with Crippen molar-refractivity contribution in [2.24, 2.45) is 0 Å². The fraction of sp³-hybridized carbons (Fsp3) is 0.250. The van der Waals surface area contributed by atoms with Gasteiger partial charge in [0.2, 0.25) is 0 Å². The Morgan fingerprint density at radius 1 is 0.971 bits per heavy atom. The summed E-state index contributed by atoms with van der Waals surface area (Å²) in [6, 6.07) is 10.6. The highest BCUT2D eigenvalue weighted by atomic mass is 35.5. The van der Waals surface area contributed by atoms with Crippen molar-refractivity contribution in [2.45, 2.75) is 42.8 Å². The maximum Gasteiger partial charge on any atom is 0.416 e. The monoisotopic (exact) mass is 515 g/mol. The summed E-state index contributed by atoms with van der Waals surface area (Å²) in [4.78, 5) is -0.347. The molecule has 1 unspecified atom stereocenters. The Morgan fingerprint density at radius 2 is 1.68 bits per heavy atom. The van der Waals surface area contributed by atoms with Crippen molar-refractivity contribution < 1.29 is 30.4 Å². The van der Waals surface area contributed by atoms with Crippen molar-refractivity contribution in [3.05, 3.63) is 94.0 Å². The molecule has 3 aromatic carbocycles. The lowest BCUT2D eigenvalue weighted by Gasteiger charge is -2.38. The zero-order valence-corrected chi connectivity index (χ0v) is 19.2. The number of hydrogen-bond donors (Lipinski definition) is 0. The zero-order chi connectivity index (χ0) is 24.7. The molecule has 0 amide bonds. The van der Waals surface area contributed by atoms with Gasteiger partial charge in [0.15, 0.2) is 0 Å². The lowest BCUT2D eigenvalue weighted by atomic mass is 9.94. The summed E-state index contributed by atoms with van der Waals surface area (Å²) >= 11 is 5.79. The van der Waals surface area contributed by atoms with E-state index >= 15 is 0 Å². The maximum atomic E-state index is 14.3. The summed E-state index contributed by atoms with van der Waals surface area (Å²) in [5, 5.41) is 0.231. The van der Waals surface area contributed by atoms with E-state index in [4.69, 9.17) is 11.6 Å². The van der Waals surface area contributed by atoms with E-state index in [0.717, 1.165) is 22.5 Å². The first-order chi connectivity index (χ1) is 16.0. The van der Waals surface area contributed by atoms with Gasteiger partial charge in [-0.1, -0.05) is 23.7 Å². The second-order valence-electron chi connectivity index (χ2n) is 8.06. The van der Waals surface area contributed by atoms with Crippen molar-refractivity contribution in [3.63, 3.8) is 0 Å². The van der Waals surface area contributed by atoms with Gasteiger partial charge in [0.1, 0.15) is 11.6 Å². The third-order valence-electron chi connectivity index (χ3n) is 5.86. The van der Waals surface area contributed by atoms with Crippen molar-refractivity contribution in [3.8, 4) is 0 Å². The molecule has 180 valence electrons. The Balaban J connectivity index is 1.72. The number of benzene rings is 3. The number of halogens is 6. The number of anilines is 1. The van der Waals surface area contributed by atoms with Gasteiger partial charge in [0, 0.05) is 11.1 Å². The molecule has 1 aliphatic heterocycles. The van der Waals surface area contributed by atoms with Crippen molar-refractivity contribution >= 4 is 27.3 Å². The van der Waals surface area contributed by atoms with Gasteiger partial charge in [0.25, 0.3) is 10.0 Å². The zero-order valence-electron chi connectivity index (χ0n) is 17.6. The lowest BCUT2D eigenvalue weighted by Crippen LogP contribution is -2.44. The molecule has 1 aliphatic rings. The highest BCUT2D eigenvalue weighted by Crippen LogP contribution is 2.38. The van der Waals surface area contributed by atoms with Gasteiger partial charge in [0.05, 0.1) is 16.1 Å². The van der Waals surface area contributed by atoms with Gasteiger partial charge in [-0.15, -0.1) is 0 Å². The molecule has 0 saturated heterocycles. The summed E-state index contributed by atoms with van der Waals surface area (Å²) in [7, 11) is -4.34. The van der Waals surface area contributed by atoms with Crippen molar-refractivity contribution in [1.82, 2.24) is 0 Å². The standard InChI is InChI=1S/C24H19ClF5NO2S/c25-18-7-1-15(22(27)13-18)3-9-20-10-4-16-2-8-19(26)14-23(16)31(20)34(32,33)21-11-5-17(6-12-21)24(28,29)30/h1-2,5-8,11-14,20H,3-4,9-10H2. The van der Waals surface area contributed by atoms with Crippen LogP contribution in [0.2, 0.25) is 5.02 Å². The lowest BCUT2D eigenvalue weighted by molar-refractivity contribution is -0.137. The smallest absolute Gasteiger partial charge is 0.263 e. The van der Waals surface area contributed by atoms with Crippen LogP contribution >= 0.6 is 11.6 Å². The molecule has 0 aromatic heterocycles. The summed E-state index contributed by atoms with van der Waals surface area (Å²) in [6.07, 6.45) is -3.35. The molecule has 0 N–H and O–H groups in total. The largest absolute Gasteiger partial charge is 0.416 e. The predicted octanol–water partition coefficient (Wildman–Crippen LogP) is 6.78. The Hall–Kier alpha value is -2.65. The summed E-state index contributed by atoms with van der Waals surface area (Å²) in [6.45, 7) is 0. The molecule has 1 atom stereocenters. The fourth-order valence-electron chi connectivity index (χ4n) is 4.15. The molecule has 34 heavy (non-hydrogen) atoms. The van der Waals surface area contributed by atoms with Crippen molar-refractivity contribution in [1.29, 1.82) is 0 Å². The van der Waals surface area contributed by atoms with E-state index in [2.05, 4.69) is 0 Å². The Kier molecular flexibility index (Phi) is 6.61. The third kappa shape index (κ3) is 4.90. The third-order valence-corrected chi connectivity index (χ3v) is 7.98. The van der Waals surface area contributed by atoms with E-state index in [-0.39, 0.29) is 28.4 Å². The number of fused-ring (bicyclic) bond motifs is 1. The first kappa shape index (κ1) is 24.5. The minimum Gasteiger partial charge on any atom is -0.263 e. The van der Waals surface area contributed by atoms with Crippen LogP contribution in [0.15, 0.2) is 65.6 Å². The highest BCUT2D eigenvalue weighted by Gasteiger charge is 2.37. The number of rotatable bonds is 5. The molecule has 1 heterocycles. The Morgan fingerprint density at radius 3 is 2.32 bits per heavy atom. The fourth-order valence-corrected chi connectivity index (χ4v) is 6.05. The Labute approximate surface area is 198 Å². The summed E-state index contributed by atoms with van der Waals surface area (Å²) in [5.74, 6) is -1.16.